The van der Waals surface area contributed by atoms with Crippen molar-refractivity contribution in [2.45, 2.75) is 32.9 Å². The third-order valence-electron chi connectivity index (χ3n) is 1.89. The first-order valence-corrected chi connectivity index (χ1v) is 6.40. The van der Waals surface area contributed by atoms with Gasteiger partial charge in [-0.25, -0.2) is 0 Å². The molecule has 0 bridgehead atoms. The van der Waals surface area contributed by atoms with Crippen LogP contribution in [0.4, 0.5) is 13.2 Å². The Morgan fingerprint density at radius 2 is 2.00 bits per heavy atom. The largest absolute Gasteiger partial charge is 0.465 e. The smallest absolute Gasteiger partial charge is 0.403 e. The quantitative estimate of drug-likeness (QED) is 0.518. The molecule has 0 saturated carbocycles. The summed E-state index contributed by atoms with van der Waals surface area (Å²) < 4.78 is 41.9. The fraction of sp³-hybridized carbons (Fsp3) is 0.900. The number of carbonyl (C=O) groups excluding carboxylic acids is 1. The molecule has 0 aromatic heterocycles. The molecule has 96 valence electrons. The lowest BCUT2D eigenvalue weighted by Gasteiger charge is -2.18. The van der Waals surface area contributed by atoms with Gasteiger partial charge >= 0.3 is 12.1 Å². The first kappa shape index (κ1) is 15.6. The van der Waals surface area contributed by atoms with Crippen molar-refractivity contribution in [1.29, 1.82) is 0 Å². The number of ether oxygens (including phenoxy) is 1. The summed E-state index contributed by atoms with van der Waals surface area (Å²) in [5.74, 6) is -2.77. The van der Waals surface area contributed by atoms with Crippen molar-refractivity contribution in [3.8, 4) is 0 Å². The summed E-state index contributed by atoms with van der Waals surface area (Å²) in [5, 5.41) is 0. The lowest BCUT2D eigenvalue weighted by atomic mass is 10.2. The zero-order valence-electron chi connectivity index (χ0n) is 9.47. The summed E-state index contributed by atoms with van der Waals surface area (Å²) in [6.07, 6.45) is -2.72. The number of thioether (sulfide) groups is 1. The van der Waals surface area contributed by atoms with Gasteiger partial charge in [-0.15, -0.1) is 0 Å². The summed E-state index contributed by atoms with van der Waals surface area (Å²) in [6, 6.07) is 0. The predicted molar refractivity (Wildman–Crippen MR) is 58.4 cm³/mol. The number of halogens is 3. The van der Waals surface area contributed by atoms with Gasteiger partial charge < -0.3 is 4.74 Å². The average Bonchev–Trinajstić information content (AvgIpc) is 2.16. The predicted octanol–water partition coefficient (Wildman–Crippen LogP) is 3.26. The van der Waals surface area contributed by atoms with E-state index in [4.69, 9.17) is 0 Å². The van der Waals surface area contributed by atoms with Crippen LogP contribution in [0.3, 0.4) is 0 Å². The van der Waals surface area contributed by atoms with Crippen LogP contribution >= 0.6 is 11.8 Å². The Morgan fingerprint density at radius 3 is 2.44 bits per heavy atom. The Labute approximate surface area is 97.9 Å². The Kier molecular flexibility index (Phi) is 7.62. The summed E-state index contributed by atoms with van der Waals surface area (Å²) >= 11 is 1.15. The number of esters is 1. The van der Waals surface area contributed by atoms with Crippen molar-refractivity contribution < 1.29 is 22.7 Å². The highest BCUT2D eigenvalue weighted by Gasteiger charge is 2.45. The molecular formula is C10H17F3O2S. The van der Waals surface area contributed by atoms with Crippen molar-refractivity contribution in [2.75, 3.05) is 18.1 Å². The van der Waals surface area contributed by atoms with Crippen molar-refractivity contribution in [1.82, 2.24) is 0 Å². The van der Waals surface area contributed by atoms with E-state index in [0.29, 0.717) is 5.75 Å². The van der Waals surface area contributed by atoms with Gasteiger partial charge in [0.1, 0.15) is 0 Å². The zero-order chi connectivity index (χ0) is 12.6. The molecule has 0 aromatic rings. The molecule has 1 unspecified atom stereocenters. The van der Waals surface area contributed by atoms with E-state index in [1.54, 1.807) is 0 Å². The highest BCUT2D eigenvalue weighted by Crippen LogP contribution is 2.30. The number of alkyl halides is 3. The Hall–Kier alpha value is -0.390. The second-order valence-corrected chi connectivity index (χ2v) is 4.42. The van der Waals surface area contributed by atoms with Gasteiger partial charge in [-0.3, -0.25) is 4.79 Å². The van der Waals surface area contributed by atoms with Gasteiger partial charge in [-0.05, 0) is 19.1 Å². The lowest BCUT2D eigenvalue weighted by molar-refractivity contribution is -0.192. The molecule has 0 heterocycles. The van der Waals surface area contributed by atoms with Gasteiger partial charge in [0.05, 0.1) is 6.61 Å². The molecule has 0 radical (unpaired) electrons. The fourth-order valence-corrected chi connectivity index (χ4v) is 2.21. The van der Waals surface area contributed by atoms with E-state index in [2.05, 4.69) is 4.74 Å². The first-order valence-electron chi connectivity index (χ1n) is 5.24. The van der Waals surface area contributed by atoms with Gasteiger partial charge in [0.2, 0.25) is 0 Å². The minimum Gasteiger partial charge on any atom is -0.465 e. The minimum atomic E-state index is -4.51. The molecule has 0 N–H and O–H groups in total. The van der Waals surface area contributed by atoms with Crippen LogP contribution in [-0.2, 0) is 9.53 Å². The SMILES string of the molecule is CCCCSCC(C(=O)OCC)C(F)(F)F. The second-order valence-electron chi connectivity index (χ2n) is 3.27. The second kappa shape index (κ2) is 7.81. The average molecular weight is 258 g/mol. The van der Waals surface area contributed by atoms with Gasteiger partial charge in [-0.2, -0.15) is 24.9 Å². The number of unbranched alkanes of at least 4 members (excludes halogenated alkanes) is 1. The summed E-state index contributed by atoms with van der Waals surface area (Å²) in [6.45, 7) is 3.44. The monoisotopic (exact) mass is 258 g/mol. The van der Waals surface area contributed by atoms with Crippen LogP contribution in [-0.4, -0.2) is 30.3 Å². The van der Waals surface area contributed by atoms with E-state index in [0.717, 1.165) is 24.6 Å². The van der Waals surface area contributed by atoms with Crippen LogP contribution in [0.5, 0.6) is 0 Å². The maximum absolute atomic E-state index is 12.5. The third kappa shape index (κ3) is 6.25. The van der Waals surface area contributed by atoms with Crippen LogP contribution < -0.4 is 0 Å². The molecule has 0 aliphatic carbocycles. The maximum atomic E-state index is 12.5. The summed E-state index contributed by atoms with van der Waals surface area (Å²) in [5.41, 5.74) is 0. The summed E-state index contributed by atoms with van der Waals surface area (Å²) in [4.78, 5) is 11.1. The van der Waals surface area contributed by atoms with Crippen LogP contribution in [0.1, 0.15) is 26.7 Å². The molecule has 0 spiro atoms. The first-order chi connectivity index (χ1) is 7.43. The molecule has 0 aromatic carbocycles. The van der Waals surface area contributed by atoms with Crippen LogP contribution in [0.2, 0.25) is 0 Å². The van der Waals surface area contributed by atoms with Crippen molar-refractivity contribution >= 4 is 17.7 Å². The molecule has 0 rings (SSSR count). The van der Waals surface area contributed by atoms with Crippen LogP contribution in [0.15, 0.2) is 0 Å². The Morgan fingerprint density at radius 1 is 1.38 bits per heavy atom. The molecule has 0 aliphatic rings. The number of carbonyl (C=O) groups is 1. The fourth-order valence-electron chi connectivity index (χ4n) is 0.987. The number of rotatable bonds is 7. The van der Waals surface area contributed by atoms with Crippen molar-refractivity contribution in [3.63, 3.8) is 0 Å². The maximum Gasteiger partial charge on any atom is 0.403 e. The number of hydrogen-bond acceptors (Lipinski definition) is 3. The highest BCUT2D eigenvalue weighted by molar-refractivity contribution is 7.99. The van der Waals surface area contributed by atoms with E-state index in [-0.39, 0.29) is 12.4 Å². The standard InChI is InChI=1S/C10H17F3O2S/c1-3-5-6-16-7-8(10(11,12)13)9(14)15-4-2/h8H,3-7H2,1-2H3. The van der Waals surface area contributed by atoms with E-state index in [9.17, 15) is 18.0 Å². The van der Waals surface area contributed by atoms with E-state index >= 15 is 0 Å². The van der Waals surface area contributed by atoms with Gasteiger partial charge in [0.15, 0.2) is 5.92 Å². The highest BCUT2D eigenvalue weighted by atomic mass is 32.2. The zero-order valence-corrected chi connectivity index (χ0v) is 10.3. The third-order valence-corrected chi connectivity index (χ3v) is 3.04. The van der Waals surface area contributed by atoms with Gasteiger partial charge in [0.25, 0.3) is 0 Å². The van der Waals surface area contributed by atoms with E-state index < -0.39 is 18.1 Å². The molecule has 0 fully saturated rings. The normalized spacial score (nSPS) is 13.6. The topological polar surface area (TPSA) is 26.3 Å². The number of hydrogen-bond donors (Lipinski definition) is 0. The van der Waals surface area contributed by atoms with E-state index in [1.165, 1.54) is 6.92 Å². The van der Waals surface area contributed by atoms with Crippen LogP contribution in [0.25, 0.3) is 0 Å². The molecule has 0 amide bonds. The van der Waals surface area contributed by atoms with Gasteiger partial charge in [-0.1, -0.05) is 13.3 Å². The molecule has 0 saturated heterocycles. The molecular weight excluding hydrogens is 241 g/mol. The Balaban J connectivity index is 4.17. The Bertz CT molecular complexity index is 207. The van der Waals surface area contributed by atoms with Gasteiger partial charge in [0, 0.05) is 5.75 Å². The summed E-state index contributed by atoms with van der Waals surface area (Å²) in [7, 11) is 0. The van der Waals surface area contributed by atoms with E-state index in [1.807, 2.05) is 6.92 Å². The van der Waals surface area contributed by atoms with Crippen LogP contribution in [0, 0.1) is 5.92 Å². The molecule has 0 aliphatic heterocycles. The van der Waals surface area contributed by atoms with Crippen molar-refractivity contribution in [3.05, 3.63) is 0 Å². The van der Waals surface area contributed by atoms with Crippen molar-refractivity contribution in [2.24, 2.45) is 5.92 Å². The molecule has 6 heteroatoms. The molecule has 16 heavy (non-hydrogen) atoms. The lowest BCUT2D eigenvalue weighted by Crippen LogP contribution is -2.34. The minimum absolute atomic E-state index is 0.0228. The molecule has 2 nitrogen and oxygen atoms in total. The molecule has 1 atom stereocenters.